The number of nitrogens with zero attached hydrogens (tertiary/aromatic N) is 1. The number of nitrogens with one attached hydrogen (secondary N) is 2. The first-order chi connectivity index (χ1) is 17.2. The Hall–Kier alpha value is -3.13. The molecule has 3 aromatic carbocycles. The summed E-state index contributed by atoms with van der Waals surface area (Å²) in [5.41, 5.74) is 4.24. The van der Waals surface area contributed by atoms with Crippen molar-refractivity contribution in [3.05, 3.63) is 76.3 Å². The van der Waals surface area contributed by atoms with Gasteiger partial charge in [0.15, 0.2) is 16.8 Å². The maximum atomic E-state index is 12.6. The van der Waals surface area contributed by atoms with Crippen molar-refractivity contribution in [1.29, 1.82) is 0 Å². The van der Waals surface area contributed by atoms with E-state index in [-0.39, 0.29) is 5.11 Å². The van der Waals surface area contributed by atoms with E-state index in [0.717, 1.165) is 23.1 Å². The van der Waals surface area contributed by atoms with Gasteiger partial charge in [-0.1, -0.05) is 49.2 Å². The molecule has 0 aliphatic heterocycles. The van der Waals surface area contributed by atoms with Crippen LogP contribution >= 0.6 is 35.4 Å². The number of rotatable bonds is 7. The number of carbonyl (C=O) groups is 1. The van der Waals surface area contributed by atoms with Crippen LogP contribution in [0.5, 0.6) is 5.75 Å². The monoisotopic (exact) mass is 541 g/mol. The van der Waals surface area contributed by atoms with Crippen molar-refractivity contribution in [2.75, 3.05) is 5.32 Å². The zero-order valence-corrected chi connectivity index (χ0v) is 22.3. The molecule has 0 aliphatic carbocycles. The van der Waals surface area contributed by atoms with Crippen molar-refractivity contribution in [1.82, 2.24) is 10.3 Å². The summed E-state index contributed by atoms with van der Waals surface area (Å²) in [7, 11) is 0. The summed E-state index contributed by atoms with van der Waals surface area (Å²) in [6.45, 7) is 5.96. The average Bonchev–Trinajstić information content (AvgIpc) is 3.29. The highest BCUT2D eigenvalue weighted by Gasteiger charge is 2.18. The smallest absolute Gasteiger partial charge is 0.266 e. The van der Waals surface area contributed by atoms with Gasteiger partial charge in [-0.25, -0.2) is 4.98 Å². The van der Waals surface area contributed by atoms with E-state index in [1.54, 1.807) is 25.1 Å². The number of hydrogen-bond acceptors (Lipinski definition) is 5. The Bertz CT molecular complexity index is 1420. The Morgan fingerprint density at radius 3 is 2.67 bits per heavy atom. The van der Waals surface area contributed by atoms with E-state index in [1.165, 1.54) is 5.56 Å². The minimum atomic E-state index is -0.838. The Labute approximate surface area is 225 Å². The topological polar surface area (TPSA) is 76.4 Å². The van der Waals surface area contributed by atoms with E-state index in [2.05, 4.69) is 41.6 Å². The van der Waals surface area contributed by atoms with E-state index in [1.807, 2.05) is 30.3 Å². The quantitative estimate of drug-likeness (QED) is 0.234. The molecule has 186 valence electrons. The molecule has 1 heterocycles. The highest BCUT2D eigenvalue weighted by molar-refractivity contribution is 7.80. The Morgan fingerprint density at radius 1 is 1.11 bits per heavy atom. The zero-order chi connectivity index (χ0) is 25.8. The normalized spacial score (nSPS) is 12.7. The van der Waals surface area contributed by atoms with Gasteiger partial charge in [0.1, 0.15) is 11.3 Å². The second-order valence-electron chi connectivity index (χ2n) is 8.41. The SMILES string of the molecule is CCC(C)c1ccc2oc(-c3cccc(NC(=S)NC(=O)C(C)Oc4ccc(Cl)cc4Cl)c3)nc2c1. The molecule has 0 saturated heterocycles. The van der Waals surface area contributed by atoms with Crippen molar-refractivity contribution in [2.24, 2.45) is 0 Å². The van der Waals surface area contributed by atoms with Crippen LogP contribution in [0.4, 0.5) is 5.69 Å². The maximum absolute atomic E-state index is 12.6. The Balaban J connectivity index is 1.41. The van der Waals surface area contributed by atoms with Gasteiger partial charge in [0.25, 0.3) is 5.91 Å². The molecular weight excluding hydrogens is 517 g/mol. The van der Waals surface area contributed by atoms with E-state index >= 15 is 0 Å². The van der Waals surface area contributed by atoms with E-state index in [0.29, 0.717) is 33.3 Å². The maximum Gasteiger partial charge on any atom is 0.266 e. The number of aromatic nitrogens is 1. The summed E-state index contributed by atoms with van der Waals surface area (Å²) < 4.78 is 11.6. The number of anilines is 1. The van der Waals surface area contributed by atoms with Crippen LogP contribution in [0.1, 0.15) is 38.7 Å². The molecule has 36 heavy (non-hydrogen) atoms. The molecule has 2 unspecified atom stereocenters. The minimum Gasteiger partial charge on any atom is -0.479 e. The molecule has 0 spiro atoms. The van der Waals surface area contributed by atoms with E-state index < -0.39 is 12.0 Å². The lowest BCUT2D eigenvalue weighted by atomic mass is 9.98. The molecule has 0 radical (unpaired) electrons. The lowest BCUT2D eigenvalue weighted by Gasteiger charge is -2.16. The average molecular weight is 542 g/mol. The van der Waals surface area contributed by atoms with Crippen LogP contribution in [0.2, 0.25) is 10.0 Å². The van der Waals surface area contributed by atoms with Crippen LogP contribution in [0.25, 0.3) is 22.6 Å². The standard InChI is InChI=1S/C27H25Cl2N3O3S/c1-4-15(2)17-8-10-24-22(13-17)31-26(35-24)18-6-5-7-20(12-18)30-27(36)32-25(33)16(3)34-23-11-9-19(28)14-21(23)29/h5-16H,4H2,1-3H3,(H2,30,32,33,36). The van der Waals surface area contributed by atoms with E-state index in [9.17, 15) is 4.79 Å². The Kier molecular flexibility index (Phi) is 8.14. The summed E-state index contributed by atoms with van der Waals surface area (Å²) in [6.07, 6.45) is 0.218. The summed E-state index contributed by atoms with van der Waals surface area (Å²) >= 11 is 17.3. The molecule has 4 aromatic rings. The van der Waals surface area contributed by atoms with Crippen LogP contribution in [-0.2, 0) is 4.79 Å². The van der Waals surface area contributed by atoms with Gasteiger partial charge < -0.3 is 14.5 Å². The van der Waals surface area contributed by atoms with Gasteiger partial charge in [-0.15, -0.1) is 0 Å². The third-order valence-electron chi connectivity index (χ3n) is 5.76. The first-order valence-electron chi connectivity index (χ1n) is 11.5. The van der Waals surface area contributed by atoms with Crippen LogP contribution in [0.3, 0.4) is 0 Å². The van der Waals surface area contributed by atoms with Crippen molar-refractivity contribution in [3.8, 4) is 17.2 Å². The number of fused-ring (bicyclic) bond motifs is 1. The highest BCUT2D eigenvalue weighted by atomic mass is 35.5. The summed E-state index contributed by atoms with van der Waals surface area (Å²) in [5, 5.41) is 6.57. The second kappa shape index (κ2) is 11.3. The predicted octanol–water partition coefficient (Wildman–Crippen LogP) is 7.60. The molecule has 0 fully saturated rings. The number of amides is 1. The summed E-state index contributed by atoms with van der Waals surface area (Å²) in [4.78, 5) is 17.2. The largest absolute Gasteiger partial charge is 0.479 e. The minimum absolute atomic E-state index is 0.130. The van der Waals surface area contributed by atoms with Crippen LogP contribution in [0.15, 0.2) is 65.1 Å². The molecule has 0 saturated carbocycles. The molecule has 4 rings (SSSR count). The number of carbonyl (C=O) groups excluding carboxylic acids is 1. The lowest BCUT2D eigenvalue weighted by molar-refractivity contribution is -0.125. The van der Waals surface area contributed by atoms with Crippen LogP contribution in [0, 0.1) is 0 Å². The fourth-order valence-electron chi connectivity index (χ4n) is 3.53. The molecule has 0 aliphatic rings. The van der Waals surface area contributed by atoms with Crippen molar-refractivity contribution >= 4 is 63.2 Å². The third-order valence-corrected chi connectivity index (χ3v) is 6.50. The van der Waals surface area contributed by atoms with Gasteiger partial charge in [0.2, 0.25) is 5.89 Å². The van der Waals surface area contributed by atoms with Gasteiger partial charge in [-0.3, -0.25) is 10.1 Å². The molecule has 9 heteroatoms. The summed E-state index contributed by atoms with van der Waals surface area (Å²) in [5.74, 6) is 0.886. The lowest BCUT2D eigenvalue weighted by Crippen LogP contribution is -2.42. The van der Waals surface area contributed by atoms with Gasteiger partial charge in [-0.2, -0.15) is 0 Å². The zero-order valence-electron chi connectivity index (χ0n) is 20.0. The van der Waals surface area contributed by atoms with Gasteiger partial charge >= 0.3 is 0 Å². The highest BCUT2D eigenvalue weighted by Crippen LogP contribution is 2.30. The molecule has 2 atom stereocenters. The fraction of sp³-hybridized carbons (Fsp3) is 0.222. The number of benzene rings is 3. The fourth-order valence-corrected chi connectivity index (χ4v) is 4.20. The molecular formula is C27H25Cl2N3O3S. The number of hydrogen-bond donors (Lipinski definition) is 2. The number of thiocarbonyl (C=S) groups is 1. The van der Waals surface area contributed by atoms with Crippen LogP contribution in [-0.4, -0.2) is 22.1 Å². The molecule has 2 N–H and O–H groups in total. The predicted molar refractivity (Wildman–Crippen MR) is 149 cm³/mol. The van der Waals surface area contributed by atoms with Crippen molar-refractivity contribution in [3.63, 3.8) is 0 Å². The van der Waals surface area contributed by atoms with Gasteiger partial charge in [0, 0.05) is 16.3 Å². The van der Waals surface area contributed by atoms with Gasteiger partial charge in [-0.05, 0) is 85.6 Å². The van der Waals surface area contributed by atoms with Gasteiger partial charge in [0.05, 0.1) is 5.02 Å². The first-order valence-corrected chi connectivity index (χ1v) is 12.6. The molecule has 0 bridgehead atoms. The number of oxazole rings is 1. The second-order valence-corrected chi connectivity index (χ2v) is 9.67. The molecule has 1 aromatic heterocycles. The first kappa shape index (κ1) is 25.9. The van der Waals surface area contributed by atoms with Crippen molar-refractivity contribution in [2.45, 2.75) is 39.2 Å². The summed E-state index contributed by atoms with van der Waals surface area (Å²) in [6, 6.07) is 18.3. The van der Waals surface area contributed by atoms with Crippen molar-refractivity contribution < 1.29 is 13.9 Å². The van der Waals surface area contributed by atoms with E-state index in [4.69, 9.17) is 44.6 Å². The number of halogens is 2. The molecule has 1 amide bonds. The third kappa shape index (κ3) is 6.16. The van der Waals surface area contributed by atoms with Crippen LogP contribution < -0.4 is 15.4 Å². The Morgan fingerprint density at radius 2 is 1.92 bits per heavy atom. The number of ether oxygens (including phenoxy) is 1. The molecule has 6 nitrogen and oxygen atoms in total.